The minimum absolute atomic E-state index is 0.193. The molecule has 1 aliphatic heterocycles. The zero-order valence-electron chi connectivity index (χ0n) is 13.5. The SMILES string of the molecule is CC(C)(C)C1CCN(C(=O)CC(N)c2ccccc2)CC1. The molecule has 1 aromatic rings. The highest BCUT2D eigenvalue weighted by molar-refractivity contribution is 5.77. The molecule has 1 atom stereocenters. The second-order valence-electron chi connectivity index (χ2n) is 7.24. The Balaban J connectivity index is 1.85. The Morgan fingerprint density at radius 1 is 1.24 bits per heavy atom. The third-order valence-corrected chi connectivity index (χ3v) is 4.69. The van der Waals surface area contributed by atoms with Gasteiger partial charge in [0.1, 0.15) is 0 Å². The maximum Gasteiger partial charge on any atom is 0.224 e. The van der Waals surface area contributed by atoms with E-state index < -0.39 is 0 Å². The molecule has 116 valence electrons. The molecule has 0 aromatic heterocycles. The van der Waals surface area contributed by atoms with Gasteiger partial charge in [-0.15, -0.1) is 0 Å². The minimum atomic E-state index is -0.195. The molecule has 0 saturated carbocycles. The molecule has 21 heavy (non-hydrogen) atoms. The van der Waals surface area contributed by atoms with Crippen molar-refractivity contribution in [2.24, 2.45) is 17.1 Å². The molecule has 1 aromatic carbocycles. The Kier molecular flexibility index (Phi) is 5.04. The zero-order valence-corrected chi connectivity index (χ0v) is 13.5. The molecule has 1 aliphatic rings. The van der Waals surface area contributed by atoms with Crippen molar-refractivity contribution in [3.63, 3.8) is 0 Å². The summed E-state index contributed by atoms with van der Waals surface area (Å²) in [4.78, 5) is 14.4. The second-order valence-corrected chi connectivity index (χ2v) is 7.24. The molecule has 2 rings (SSSR count). The van der Waals surface area contributed by atoms with E-state index in [1.165, 1.54) is 0 Å². The van der Waals surface area contributed by atoms with Crippen molar-refractivity contribution in [1.29, 1.82) is 0 Å². The largest absolute Gasteiger partial charge is 0.343 e. The standard InChI is InChI=1S/C18H28N2O/c1-18(2,3)15-9-11-20(12-10-15)17(21)13-16(19)14-7-5-4-6-8-14/h4-8,15-16H,9-13,19H2,1-3H3. The molecule has 1 unspecified atom stereocenters. The molecule has 1 fully saturated rings. The van der Waals surface area contributed by atoms with Crippen LogP contribution in [0.3, 0.4) is 0 Å². The molecule has 1 heterocycles. The first-order valence-corrected chi connectivity index (χ1v) is 7.96. The summed E-state index contributed by atoms with van der Waals surface area (Å²) in [6.07, 6.45) is 2.62. The molecule has 1 saturated heterocycles. The van der Waals surface area contributed by atoms with Crippen LogP contribution in [-0.2, 0) is 4.79 Å². The molecule has 0 spiro atoms. The van der Waals surface area contributed by atoms with E-state index in [1.807, 2.05) is 35.2 Å². The smallest absolute Gasteiger partial charge is 0.224 e. The third kappa shape index (κ3) is 4.31. The molecule has 0 aliphatic carbocycles. The number of nitrogens with two attached hydrogens (primary N) is 1. The molecular weight excluding hydrogens is 260 g/mol. The van der Waals surface area contributed by atoms with E-state index in [0.29, 0.717) is 17.8 Å². The first kappa shape index (κ1) is 16.0. The highest BCUT2D eigenvalue weighted by Crippen LogP contribution is 2.34. The van der Waals surface area contributed by atoms with Crippen LogP contribution in [0.2, 0.25) is 0 Å². The summed E-state index contributed by atoms with van der Waals surface area (Å²) < 4.78 is 0. The highest BCUT2D eigenvalue weighted by Gasteiger charge is 2.30. The van der Waals surface area contributed by atoms with Gasteiger partial charge in [-0.2, -0.15) is 0 Å². The molecule has 2 N–H and O–H groups in total. The van der Waals surface area contributed by atoms with Crippen LogP contribution < -0.4 is 5.73 Å². The summed E-state index contributed by atoms with van der Waals surface area (Å²) in [5, 5.41) is 0. The summed E-state index contributed by atoms with van der Waals surface area (Å²) in [7, 11) is 0. The lowest BCUT2D eigenvalue weighted by Gasteiger charge is -2.39. The maximum atomic E-state index is 12.4. The van der Waals surface area contributed by atoms with Crippen LogP contribution >= 0.6 is 0 Å². The summed E-state index contributed by atoms with van der Waals surface area (Å²) in [5.41, 5.74) is 7.53. The van der Waals surface area contributed by atoms with Gasteiger partial charge in [-0.25, -0.2) is 0 Å². The molecule has 0 radical (unpaired) electrons. The predicted octanol–water partition coefficient (Wildman–Crippen LogP) is 3.36. The van der Waals surface area contributed by atoms with E-state index >= 15 is 0 Å². The van der Waals surface area contributed by atoms with Gasteiger partial charge in [-0.3, -0.25) is 4.79 Å². The van der Waals surface area contributed by atoms with Gasteiger partial charge in [0.15, 0.2) is 0 Å². The van der Waals surface area contributed by atoms with E-state index in [2.05, 4.69) is 20.8 Å². The lowest BCUT2D eigenvalue weighted by Crippen LogP contribution is -2.42. The molecule has 1 amide bonds. The maximum absolute atomic E-state index is 12.4. The molecule has 0 bridgehead atoms. The lowest BCUT2D eigenvalue weighted by molar-refractivity contribution is -0.133. The van der Waals surface area contributed by atoms with Gasteiger partial charge < -0.3 is 10.6 Å². The zero-order chi connectivity index (χ0) is 15.5. The number of benzene rings is 1. The number of amides is 1. The van der Waals surface area contributed by atoms with Gasteiger partial charge in [-0.05, 0) is 29.7 Å². The normalized spacial score (nSPS) is 18.6. The van der Waals surface area contributed by atoms with Crippen LogP contribution in [0.25, 0.3) is 0 Å². The summed E-state index contributed by atoms with van der Waals surface area (Å²) in [5.74, 6) is 0.906. The molecular formula is C18H28N2O. The average molecular weight is 288 g/mol. The van der Waals surface area contributed by atoms with Crippen molar-refractivity contribution in [3.8, 4) is 0 Å². The van der Waals surface area contributed by atoms with Crippen LogP contribution in [0.4, 0.5) is 0 Å². The fourth-order valence-corrected chi connectivity index (χ4v) is 3.13. The Bertz CT molecular complexity index is 456. The van der Waals surface area contributed by atoms with Crippen molar-refractivity contribution < 1.29 is 4.79 Å². The predicted molar refractivity (Wildman–Crippen MR) is 86.7 cm³/mol. The quantitative estimate of drug-likeness (QED) is 0.927. The topological polar surface area (TPSA) is 46.3 Å². The number of rotatable bonds is 3. The number of likely N-dealkylation sites (tertiary alicyclic amines) is 1. The minimum Gasteiger partial charge on any atom is -0.343 e. The van der Waals surface area contributed by atoms with Crippen molar-refractivity contribution in [2.75, 3.05) is 13.1 Å². The third-order valence-electron chi connectivity index (χ3n) is 4.69. The van der Waals surface area contributed by atoms with Gasteiger partial charge in [0.2, 0.25) is 5.91 Å². The number of carbonyl (C=O) groups excluding carboxylic acids is 1. The van der Waals surface area contributed by atoms with Gasteiger partial charge >= 0.3 is 0 Å². The number of carbonyl (C=O) groups is 1. The Morgan fingerprint density at radius 2 is 1.81 bits per heavy atom. The van der Waals surface area contributed by atoms with Gasteiger partial charge in [-0.1, -0.05) is 51.1 Å². The lowest BCUT2D eigenvalue weighted by atomic mass is 9.75. The highest BCUT2D eigenvalue weighted by atomic mass is 16.2. The number of nitrogens with zero attached hydrogens (tertiary/aromatic N) is 1. The van der Waals surface area contributed by atoms with Crippen LogP contribution in [0.15, 0.2) is 30.3 Å². The number of hydrogen-bond acceptors (Lipinski definition) is 2. The van der Waals surface area contributed by atoms with Crippen molar-refractivity contribution in [1.82, 2.24) is 4.90 Å². The van der Waals surface area contributed by atoms with E-state index in [-0.39, 0.29) is 11.9 Å². The molecule has 3 nitrogen and oxygen atoms in total. The van der Waals surface area contributed by atoms with Gasteiger partial charge in [0, 0.05) is 25.6 Å². The van der Waals surface area contributed by atoms with E-state index in [9.17, 15) is 4.79 Å². The molecule has 3 heteroatoms. The monoisotopic (exact) mass is 288 g/mol. The Morgan fingerprint density at radius 3 is 2.33 bits per heavy atom. The summed E-state index contributed by atoms with van der Waals surface area (Å²) in [6, 6.07) is 9.69. The summed E-state index contributed by atoms with van der Waals surface area (Å²) >= 11 is 0. The van der Waals surface area contributed by atoms with Crippen LogP contribution in [0, 0.1) is 11.3 Å². The Labute approximate surface area is 128 Å². The van der Waals surface area contributed by atoms with Crippen LogP contribution in [0.1, 0.15) is 51.6 Å². The van der Waals surface area contributed by atoms with Crippen molar-refractivity contribution in [2.45, 2.75) is 46.1 Å². The average Bonchev–Trinajstić information content (AvgIpc) is 2.47. The first-order valence-electron chi connectivity index (χ1n) is 7.96. The van der Waals surface area contributed by atoms with Crippen molar-refractivity contribution >= 4 is 5.91 Å². The van der Waals surface area contributed by atoms with E-state index in [1.54, 1.807) is 0 Å². The number of piperidine rings is 1. The van der Waals surface area contributed by atoms with Gasteiger partial charge in [0.05, 0.1) is 0 Å². The van der Waals surface area contributed by atoms with E-state index in [0.717, 1.165) is 31.5 Å². The second kappa shape index (κ2) is 6.61. The number of hydrogen-bond donors (Lipinski definition) is 1. The summed E-state index contributed by atoms with van der Waals surface area (Å²) in [6.45, 7) is 8.63. The van der Waals surface area contributed by atoms with Crippen LogP contribution in [0.5, 0.6) is 0 Å². The fraction of sp³-hybridized carbons (Fsp3) is 0.611. The van der Waals surface area contributed by atoms with E-state index in [4.69, 9.17) is 5.73 Å². The van der Waals surface area contributed by atoms with Crippen LogP contribution in [-0.4, -0.2) is 23.9 Å². The fourth-order valence-electron chi connectivity index (χ4n) is 3.13. The van der Waals surface area contributed by atoms with Gasteiger partial charge in [0.25, 0.3) is 0 Å². The van der Waals surface area contributed by atoms with Crippen molar-refractivity contribution in [3.05, 3.63) is 35.9 Å². The first-order chi connectivity index (χ1) is 9.88. The Hall–Kier alpha value is -1.35.